The number of carbonyl (C=O) groups excluding carboxylic acids is 1. The fourth-order valence-electron chi connectivity index (χ4n) is 4.41. The van der Waals surface area contributed by atoms with Gasteiger partial charge in [0.1, 0.15) is 0 Å². The molecular formula is C22H43N3O2. The van der Waals surface area contributed by atoms with Crippen LogP contribution in [0.1, 0.15) is 66.7 Å². The number of piperazine rings is 1. The first kappa shape index (κ1) is 22.6. The van der Waals surface area contributed by atoms with E-state index in [2.05, 4.69) is 49.7 Å². The molecule has 1 amide bonds. The van der Waals surface area contributed by atoms with E-state index in [1.165, 1.54) is 19.4 Å². The Morgan fingerprint density at radius 3 is 2.74 bits per heavy atom. The number of hydrogen-bond acceptors (Lipinski definition) is 4. The third-order valence-corrected chi connectivity index (χ3v) is 6.80. The first-order chi connectivity index (χ1) is 12.9. The largest absolute Gasteiger partial charge is 0.378 e. The predicted octanol–water partition coefficient (Wildman–Crippen LogP) is 3.14. The van der Waals surface area contributed by atoms with Crippen molar-refractivity contribution in [2.24, 2.45) is 11.8 Å². The number of carbonyl (C=O) groups is 1. The number of nitrogens with zero attached hydrogens (tertiary/aromatic N) is 2. The Bertz CT molecular complexity index is 459. The van der Waals surface area contributed by atoms with Crippen molar-refractivity contribution >= 4 is 5.91 Å². The summed E-state index contributed by atoms with van der Waals surface area (Å²) in [6.07, 6.45) is 5.90. The molecule has 1 N–H and O–H groups in total. The maximum absolute atomic E-state index is 12.1. The molecule has 0 aromatic rings. The van der Waals surface area contributed by atoms with Crippen LogP contribution in [0.2, 0.25) is 0 Å². The van der Waals surface area contributed by atoms with Crippen LogP contribution in [0.15, 0.2) is 0 Å². The van der Waals surface area contributed by atoms with E-state index >= 15 is 0 Å². The van der Waals surface area contributed by atoms with Gasteiger partial charge in [-0.3, -0.25) is 14.6 Å². The molecule has 0 aromatic heterocycles. The van der Waals surface area contributed by atoms with E-state index in [4.69, 9.17) is 4.74 Å². The van der Waals surface area contributed by atoms with Crippen LogP contribution in [-0.2, 0) is 9.53 Å². The number of morpholine rings is 1. The molecule has 5 heteroatoms. The first-order valence-corrected chi connectivity index (χ1v) is 11.2. The van der Waals surface area contributed by atoms with Gasteiger partial charge in [-0.1, -0.05) is 34.1 Å². The number of rotatable bonds is 10. The van der Waals surface area contributed by atoms with Crippen molar-refractivity contribution in [1.82, 2.24) is 15.1 Å². The Labute approximate surface area is 167 Å². The molecule has 158 valence electrons. The zero-order valence-corrected chi connectivity index (χ0v) is 18.4. The van der Waals surface area contributed by atoms with Crippen LogP contribution in [0, 0.1) is 11.8 Å². The second kappa shape index (κ2) is 10.8. The molecule has 2 aliphatic heterocycles. The molecule has 5 nitrogen and oxygen atoms in total. The minimum atomic E-state index is 0.127. The Hall–Kier alpha value is -0.650. The van der Waals surface area contributed by atoms with Crippen molar-refractivity contribution < 1.29 is 9.53 Å². The molecule has 0 aromatic carbocycles. The lowest BCUT2D eigenvalue weighted by Gasteiger charge is -2.46. The fourth-order valence-corrected chi connectivity index (χ4v) is 4.41. The van der Waals surface area contributed by atoms with E-state index in [0.717, 1.165) is 58.0 Å². The maximum atomic E-state index is 12.1. The molecular weight excluding hydrogens is 338 g/mol. The van der Waals surface area contributed by atoms with Crippen molar-refractivity contribution in [3.63, 3.8) is 0 Å². The number of ether oxygens (including phenoxy) is 1. The molecule has 0 aliphatic carbocycles. The van der Waals surface area contributed by atoms with Crippen LogP contribution in [0.25, 0.3) is 0 Å². The summed E-state index contributed by atoms with van der Waals surface area (Å²) in [5, 5.41) is 3.24. The lowest BCUT2D eigenvalue weighted by molar-refractivity contribution is -0.126. The summed E-state index contributed by atoms with van der Waals surface area (Å²) >= 11 is 0. The average Bonchev–Trinajstić information content (AvgIpc) is 2.65. The Morgan fingerprint density at radius 2 is 2.04 bits per heavy atom. The third-order valence-electron chi connectivity index (χ3n) is 6.80. The van der Waals surface area contributed by atoms with Gasteiger partial charge in [-0.25, -0.2) is 0 Å². The first-order valence-electron chi connectivity index (χ1n) is 11.2. The van der Waals surface area contributed by atoms with E-state index in [-0.39, 0.29) is 17.5 Å². The van der Waals surface area contributed by atoms with Gasteiger partial charge in [-0.15, -0.1) is 0 Å². The van der Waals surface area contributed by atoms with Gasteiger partial charge in [0.05, 0.1) is 19.8 Å². The molecule has 4 atom stereocenters. The predicted molar refractivity (Wildman–Crippen MR) is 112 cm³/mol. The van der Waals surface area contributed by atoms with Gasteiger partial charge in [-0.05, 0) is 57.5 Å². The van der Waals surface area contributed by atoms with E-state index in [0.29, 0.717) is 12.5 Å². The summed E-state index contributed by atoms with van der Waals surface area (Å²) in [4.78, 5) is 17.1. The smallest absolute Gasteiger partial charge is 0.234 e. The Balaban J connectivity index is 1.88. The van der Waals surface area contributed by atoms with Gasteiger partial charge < -0.3 is 10.1 Å². The van der Waals surface area contributed by atoms with Crippen LogP contribution in [0.5, 0.6) is 0 Å². The van der Waals surface area contributed by atoms with Crippen LogP contribution < -0.4 is 5.32 Å². The fraction of sp³-hybridized carbons (Fsp3) is 0.955. The van der Waals surface area contributed by atoms with E-state index in [9.17, 15) is 4.79 Å². The third kappa shape index (κ3) is 6.72. The highest BCUT2D eigenvalue weighted by atomic mass is 16.5. The lowest BCUT2D eigenvalue weighted by atomic mass is 9.85. The second-order valence-corrected chi connectivity index (χ2v) is 9.26. The minimum absolute atomic E-state index is 0.127. The molecule has 0 bridgehead atoms. The molecule has 2 aliphatic rings. The van der Waals surface area contributed by atoms with Crippen molar-refractivity contribution in [2.45, 2.75) is 78.3 Å². The summed E-state index contributed by atoms with van der Waals surface area (Å²) in [6, 6.07) is 0.277. The zero-order chi connectivity index (χ0) is 19.9. The van der Waals surface area contributed by atoms with Crippen LogP contribution in [0.4, 0.5) is 0 Å². The highest BCUT2D eigenvalue weighted by Gasteiger charge is 2.36. The SMILES string of the molecule is CCCN1CC(=O)NC(C(C)CCC2(C)COCCN2CCC(C)CC)C1. The molecule has 4 unspecified atom stereocenters. The molecule has 0 saturated carbocycles. The van der Waals surface area contributed by atoms with Crippen LogP contribution in [-0.4, -0.2) is 73.2 Å². The molecule has 2 heterocycles. The van der Waals surface area contributed by atoms with E-state index in [1.54, 1.807) is 0 Å². The van der Waals surface area contributed by atoms with Crippen LogP contribution >= 0.6 is 0 Å². The van der Waals surface area contributed by atoms with E-state index < -0.39 is 0 Å². The Morgan fingerprint density at radius 1 is 1.26 bits per heavy atom. The summed E-state index contributed by atoms with van der Waals surface area (Å²) in [5.74, 6) is 1.47. The molecule has 0 radical (unpaired) electrons. The Kier molecular flexibility index (Phi) is 9.03. The number of hydrogen-bond donors (Lipinski definition) is 1. The van der Waals surface area contributed by atoms with Gasteiger partial charge in [-0.2, -0.15) is 0 Å². The normalized spacial score (nSPS) is 30.1. The van der Waals surface area contributed by atoms with Gasteiger partial charge in [0.15, 0.2) is 0 Å². The summed E-state index contributed by atoms with van der Waals surface area (Å²) in [6.45, 7) is 18.0. The highest BCUT2D eigenvalue weighted by Crippen LogP contribution is 2.29. The topological polar surface area (TPSA) is 44.8 Å². The number of nitrogens with one attached hydrogen (secondary N) is 1. The van der Waals surface area contributed by atoms with Gasteiger partial charge >= 0.3 is 0 Å². The van der Waals surface area contributed by atoms with Gasteiger partial charge in [0.2, 0.25) is 5.91 Å². The standard InChI is InChI=1S/C22H43N3O2/c1-6-11-24-15-20(23-21(26)16-24)19(4)8-10-22(5)17-27-14-13-25(22)12-9-18(3)7-2/h18-20H,6-17H2,1-5H3,(H,23,26). The summed E-state index contributed by atoms with van der Waals surface area (Å²) < 4.78 is 5.87. The summed E-state index contributed by atoms with van der Waals surface area (Å²) in [7, 11) is 0. The van der Waals surface area contributed by atoms with Crippen molar-refractivity contribution in [2.75, 3.05) is 45.9 Å². The van der Waals surface area contributed by atoms with Gasteiger partial charge in [0.25, 0.3) is 0 Å². The molecule has 0 spiro atoms. The zero-order valence-electron chi connectivity index (χ0n) is 18.4. The maximum Gasteiger partial charge on any atom is 0.234 e. The second-order valence-electron chi connectivity index (χ2n) is 9.26. The van der Waals surface area contributed by atoms with E-state index in [1.807, 2.05) is 0 Å². The molecule has 27 heavy (non-hydrogen) atoms. The monoisotopic (exact) mass is 381 g/mol. The quantitative estimate of drug-likeness (QED) is 0.631. The molecule has 2 saturated heterocycles. The average molecular weight is 382 g/mol. The van der Waals surface area contributed by atoms with Crippen molar-refractivity contribution in [1.29, 1.82) is 0 Å². The van der Waals surface area contributed by atoms with Crippen molar-refractivity contribution in [3.05, 3.63) is 0 Å². The van der Waals surface area contributed by atoms with Gasteiger partial charge in [0, 0.05) is 24.7 Å². The van der Waals surface area contributed by atoms with Crippen LogP contribution in [0.3, 0.4) is 0 Å². The lowest BCUT2D eigenvalue weighted by Crippen LogP contribution is -2.57. The van der Waals surface area contributed by atoms with Crippen molar-refractivity contribution in [3.8, 4) is 0 Å². The highest BCUT2D eigenvalue weighted by molar-refractivity contribution is 5.79. The molecule has 2 rings (SSSR count). The number of amides is 1. The molecule has 2 fully saturated rings. The minimum Gasteiger partial charge on any atom is -0.378 e. The summed E-state index contributed by atoms with van der Waals surface area (Å²) in [5.41, 5.74) is 0.127.